The number of ether oxygens (including phenoxy) is 1. The first kappa shape index (κ1) is 16.1. The highest BCUT2D eigenvalue weighted by molar-refractivity contribution is 7.85. The zero-order chi connectivity index (χ0) is 13.6. The molecule has 0 aliphatic carbocycles. The van der Waals surface area contributed by atoms with Crippen molar-refractivity contribution < 1.29 is 18.5 Å². The number of amides is 1. The lowest BCUT2D eigenvalue weighted by molar-refractivity contribution is -0.144. The van der Waals surface area contributed by atoms with Crippen molar-refractivity contribution in [3.05, 3.63) is 0 Å². The number of carbonyl (C=O) groups excluding carboxylic acids is 2. The molecule has 0 saturated carbocycles. The molecule has 0 aromatic carbocycles. The van der Waals surface area contributed by atoms with E-state index in [1.165, 1.54) is 14.0 Å². The van der Waals surface area contributed by atoms with E-state index >= 15 is 0 Å². The van der Waals surface area contributed by atoms with Gasteiger partial charge in [0.2, 0.25) is 5.91 Å². The SMILES string of the molecule is COC(=O)C(CS(=O)C(C)C(C)C)NC(C)=O. The van der Waals surface area contributed by atoms with E-state index in [1.54, 1.807) is 0 Å². The number of esters is 1. The van der Waals surface area contributed by atoms with Gasteiger partial charge in [-0.1, -0.05) is 20.8 Å². The van der Waals surface area contributed by atoms with Crippen LogP contribution < -0.4 is 5.32 Å². The molecule has 3 atom stereocenters. The monoisotopic (exact) mass is 263 g/mol. The summed E-state index contributed by atoms with van der Waals surface area (Å²) in [5, 5.41) is 2.42. The van der Waals surface area contributed by atoms with Crippen molar-refractivity contribution in [1.82, 2.24) is 5.32 Å². The van der Waals surface area contributed by atoms with E-state index in [0.29, 0.717) is 0 Å². The minimum atomic E-state index is -1.18. The second-order valence-corrected chi connectivity index (χ2v) is 6.11. The normalized spacial score (nSPS) is 16.1. The van der Waals surface area contributed by atoms with E-state index in [-0.39, 0.29) is 22.8 Å². The van der Waals surface area contributed by atoms with Crippen molar-refractivity contribution in [1.29, 1.82) is 0 Å². The predicted molar refractivity (Wildman–Crippen MR) is 66.9 cm³/mol. The molecule has 100 valence electrons. The van der Waals surface area contributed by atoms with Crippen LogP contribution in [0.4, 0.5) is 0 Å². The Labute approximate surface area is 105 Å². The van der Waals surface area contributed by atoms with Gasteiger partial charge in [0.25, 0.3) is 0 Å². The summed E-state index contributed by atoms with van der Waals surface area (Å²) in [6.07, 6.45) is 0. The molecule has 0 saturated heterocycles. The number of methoxy groups -OCH3 is 1. The van der Waals surface area contributed by atoms with Crippen LogP contribution in [0.3, 0.4) is 0 Å². The minimum absolute atomic E-state index is 0.0316. The summed E-state index contributed by atoms with van der Waals surface area (Å²) < 4.78 is 16.5. The summed E-state index contributed by atoms with van der Waals surface area (Å²) in [5.41, 5.74) is 0. The molecule has 0 fully saturated rings. The van der Waals surface area contributed by atoms with E-state index in [1.807, 2.05) is 20.8 Å². The van der Waals surface area contributed by atoms with Gasteiger partial charge in [-0.2, -0.15) is 0 Å². The van der Waals surface area contributed by atoms with E-state index in [9.17, 15) is 13.8 Å². The van der Waals surface area contributed by atoms with Gasteiger partial charge < -0.3 is 10.1 Å². The van der Waals surface area contributed by atoms with Crippen LogP contribution in [0.15, 0.2) is 0 Å². The van der Waals surface area contributed by atoms with E-state index in [2.05, 4.69) is 10.1 Å². The van der Waals surface area contributed by atoms with Crippen molar-refractivity contribution in [2.45, 2.75) is 39.0 Å². The van der Waals surface area contributed by atoms with Crippen LogP contribution >= 0.6 is 0 Å². The molecule has 0 rings (SSSR count). The molecule has 0 radical (unpaired) electrons. The average Bonchev–Trinajstić information content (AvgIpc) is 2.24. The number of rotatable bonds is 6. The van der Waals surface area contributed by atoms with Crippen molar-refractivity contribution >= 4 is 22.7 Å². The number of nitrogens with one attached hydrogen (secondary N) is 1. The average molecular weight is 263 g/mol. The molecule has 0 aromatic rings. The summed E-state index contributed by atoms with van der Waals surface area (Å²) in [6.45, 7) is 7.11. The molecule has 0 aliphatic heterocycles. The second kappa shape index (κ2) is 7.42. The largest absolute Gasteiger partial charge is 0.467 e. The third kappa shape index (κ3) is 5.81. The van der Waals surface area contributed by atoms with Crippen molar-refractivity contribution in [2.24, 2.45) is 5.92 Å². The topological polar surface area (TPSA) is 72.5 Å². The highest BCUT2D eigenvalue weighted by Crippen LogP contribution is 2.10. The Morgan fingerprint density at radius 2 is 1.82 bits per heavy atom. The lowest BCUT2D eigenvalue weighted by atomic mass is 10.2. The summed E-state index contributed by atoms with van der Waals surface area (Å²) in [6, 6.07) is -0.834. The third-order valence-corrected chi connectivity index (χ3v) is 4.58. The van der Waals surface area contributed by atoms with E-state index in [4.69, 9.17) is 0 Å². The maximum absolute atomic E-state index is 11.9. The molecule has 0 bridgehead atoms. The fourth-order valence-corrected chi connectivity index (χ4v) is 2.63. The molecular formula is C11H21NO4S. The van der Waals surface area contributed by atoms with Crippen LogP contribution in [0, 0.1) is 5.92 Å². The summed E-state index contributed by atoms with van der Waals surface area (Å²) >= 11 is 0. The Morgan fingerprint density at radius 1 is 1.29 bits per heavy atom. The van der Waals surface area contributed by atoms with Gasteiger partial charge in [-0.15, -0.1) is 0 Å². The summed E-state index contributed by atoms with van der Waals surface area (Å²) in [5.74, 6) is -0.559. The Kier molecular flexibility index (Phi) is 7.03. The maximum atomic E-state index is 11.9. The second-order valence-electron chi connectivity index (χ2n) is 4.27. The zero-order valence-electron chi connectivity index (χ0n) is 11.0. The zero-order valence-corrected chi connectivity index (χ0v) is 11.8. The van der Waals surface area contributed by atoms with Gasteiger partial charge in [0.1, 0.15) is 6.04 Å². The molecule has 3 unspecified atom stereocenters. The molecule has 0 heterocycles. The van der Waals surface area contributed by atoms with E-state index < -0.39 is 22.8 Å². The fraction of sp³-hybridized carbons (Fsp3) is 0.818. The summed E-state index contributed by atoms with van der Waals surface area (Å²) in [4.78, 5) is 22.3. The van der Waals surface area contributed by atoms with Gasteiger partial charge in [0.15, 0.2) is 0 Å². The molecule has 5 nitrogen and oxygen atoms in total. The van der Waals surface area contributed by atoms with Gasteiger partial charge in [-0.3, -0.25) is 9.00 Å². The first-order valence-electron chi connectivity index (χ1n) is 5.51. The van der Waals surface area contributed by atoms with Crippen LogP contribution in [0.25, 0.3) is 0 Å². The maximum Gasteiger partial charge on any atom is 0.329 e. The van der Waals surface area contributed by atoms with Crippen LogP contribution in [-0.4, -0.2) is 40.2 Å². The van der Waals surface area contributed by atoms with Crippen LogP contribution in [0.5, 0.6) is 0 Å². The van der Waals surface area contributed by atoms with Crippen molar-refractivity contribution in [3.63, 3.8) is 0 Å². The predicted octanol–water partition coefficient (Wildman–Crippen LogP) is 0.457. The van der Waals surface area contributed by atoms with Crippen LogP contribution in [-0.2, 0) is 25.1 Å². The molecule has 1 N–H and O–H groups in total. The molecule has 0 aromatic heterocycles. The number of carbonyl (C=O) groups is 2. The molecule has 0 aliphatic rings. The van der Waals surface area contributed by atoms with Gasteiger partial charge >= 0.3 is 5.97 Å². The quantitative estimate of drug-likeness (QED) is 0.707. The van der Waals surface area contributed by atoms with Gasteiger partial charge in [-0.25, -0.2) is 4.79 Å². The van der Waals surface area contributed by atoms with Crippen LogP contribution in [0.1, 0.15) is 27.7 Å². The van der Waals surface area contributed by atoms with Crippen molar-refractivity contribution in [2.75, 3.05) is 12.9 Å². The lowest BCUT2D eigenvalue weighted by Gasteiger charge is -2.19. The van der Waals surface area contributed by atoms with E-state index in [0.717, 1.165) is 0 Å². The Bertz CT molecular complexity index is 304. The smallest absolute Gasteiger partial charge is 0.329 e. The van der Waals surface area contributed by atoms with Gasteiger partial charge in [0, 0.05) is 23.0 Å². The third-order valence-electron chi connectivity index (χ3n) is 2.55. The number of hydrogen-bond donors (Lipinski definition) is 1. The Hall–Kier alpha value is -0.910. The highest BCUT2D eigenvalue weighted by Gasteiger charge is 2.26. The molecule has 1 amide bonds. The van der Waals surface area contributed by atoms with Gasteiger partial charge in [-0.05, 0) is 5.92 Å². The van der Waals surface area contributed by atoms with Crippen molar-refractivity contribution in [3.8, 4) is 0 Å². The molecule has 17 heavy (non-hydrogen) atoms. The standard InChI is InChI=1S/C11H21NO4S/c1-7(2)8(3)17(15)6-10(11(14)16-5)12-9(4)13/h7-8,10H,6H2,1-5H3,(H,12,13). The Morgan fingerprint density at radius 3 is 2.18 bits per heavy atom. The highest BCUT2D eigenvalue weighted by atomic mass is 32.2. The van der Waals surface area contributed by atoms with Crippen LogP contribution in [0.2, 0.25) is 0 Å². The minimum Gasteiger partial charge on any atom is -0.467 e. The first-order chi connectivity index (χ1) is 7.79. The Balaban J connectivity index is 4.58. The molecule has 6 heteroatoms. The summed E-state index contributed by atoms with van der Waals surface area (Å²) in [7, 11) is 0.0629. The first-order valence-corrected chi connectivity index (χ1v) is 6.89. The fourth-order valence-electron chi connectivity index (χ4n) is 1.18. The molecular weight excluding hydrogens is 242 g/mol. The lowest BCUT2D eigenvalue weighted by Crippen LogP contribution is -2.45. The molecule has 0 spiro atoms. The number of hydrogen-bond acceptors (Lipinski definition) is 4. The van der Waals surface area contributed by atoms with Gasteiger partial charge in [0.05, 0.1) is 12.9 Å².